The largest absolute Gasteiger partial charge is 0.480 e. The molecule has 4 heteroatoms. The summed E-state index contributed by atoms with van der Waals surface area (Å²) in [6, 6.07) is -0.566. The molecule has 0 fully saturated rings. The number of carboxylic acids is 1. The van der Waals surface area contributed by atoms with Crippen molar-refractivity contribution in [1.29, 1.82) is 0 Å². The SMILES string of the molecule is C#CCN[C@@H](CCS)C(=O)O. The van der Waals surface area contributed by atoms with Gasteiger partial charge in [0.1, 0.15) is 6.04 Å². The lowest BCUT2D eigenvalue weighted by molar-refractivity contribution is -0.139. The molecule has 0 aromatic rings. The predicted molar refractivity (Wildman–Crippen MR) is 46.7 cm³/mol. The van der Waals surface area contributed by atoms with Crippen molar-refractivity contribution in [2.45, 2.75) is 12.5 Å². The van der Waals surface area contributed by atoms with Crippen LogP contribution in [0.4, 0.5) is 0 Å². The van der Waals surface area contributed by atoms with Crippen LogP contribution in [0.3, 0.4) is 0 Å². The zero-order chi connectivity index (χ0) is 8.69. The Balaban J connectivity index is 3.71. The molecule has 0 amide bonds. The van der Waals surface area contributed by atoms with Gasteiger partial charge in [-0.3, -0.25) is 10.1 Å². The summed E-state index contributed by atoms with van der Waals surface area (Å²) in [6.07, 6.45) is 5.43. The third-order valence-electron chi connectivity index (χ3n) is 1.17. The van der Waals surface area contributed by atoms with Crippen molar-refractivity contribution in [2.75, 3.05) is 12.3 Å². The van der Waals surface area contributed by atoms with Crippen LogP contribution in [0.25, 0.3) is 0 Å². The first-order chi connectivity index (χ1) is 5.22. The van der Waals surface area contributed by atoms with Crippen molar-refractivity contribution in [3.63, 3.8) is 0 Å². The van der Waals surface area contributed by atoms with Gasteiger partial charge in [-0.15, -0.1) is 6.42 Å². The Labute approximate surface area is 71.6 Å². The summed E-state index contributed by atoms with van der Waals surface area (Å²) in [5, 5.41) is 11.3. The zero-order valence-corrected chi connectivity index (χ0v) is 6.97. The number of hydrogen-bond acceptors (Lipinski definition) is 3. The Morgan fingerprint density at radius 1 is 1.82 bits per heavy atom. The van der Waals surface area contributed by atoms with Crippen molar-refractivity contribution in [1.82, 2.24) is 5.32 Å². The fourth-order valence-corrected chi connectivity index (χ4v) is 0.882. The van der Waals surface area contributed by atoms with Gasteiger partial charge in [0.05, 0.1) is 6.54 Å². The summed E-state index contributed by atoms with van der Waals surface area (Å²) in [4.78, 5) is 10.4. The normalized spacial score (nSPS) is 12.0. The molecule has 0 heterocycles. The van der Waals surface area contributed by atoms with Gasteiger partial charge < -0.3 is 5.11 Å². The number of nitrogens with one attached hydrogen (secondary N) is 1. The van der Waals surface area contributed by atoms with Crippen LogP contribution in [0.15, 0.2) is 0 Å². The highest BCUT2D eigenvalue weighted by atomic mass is 32.1. The fourth-order valence-electron chi connectivity index (χ4n) is 0.624. The molecule has 2 N–H and O–H groups in total. The van der Waals surface area contributed by atoms with E-state index in [1.807, 2.05) is 0 Å². The Hall–Kier alpha value is -0.660. The maximum absolute atomic E-state index is 10.4. The number of hydrogen-bond donors (Lipinski definition) is 3. The van der Waals surface area contributed by atoms with Gasteiger partial charge in [-0.05, 0) is 12.2 Å². The molecule has 0 saturated heterocycles. The molecule has 0 spiro atoms. The van der Waals surface area contributed by atoms with E-state index in [-0.39, 0.29) is 6.54 Å². The Bertz CT molecular complexity index is 164. The molecular weight excluding hydrogens is 162 g/mol. The lowest BCUT2D eigenvalue weighted by Crippen LogP contribution is -2.37. The van der Waals surface area contributed by atoms with E-state index in [0.29, 0.717) is 12.2 Å². The molecule has 0 unspecified atom stereocenters. The van der Waals surface area contributed by atoms with E-state index in [1.54, 1.807) is 0 Å². The Morgan fingerprint density at radius 2 is 2.45 bits per heavy atom. The summed E-state index contributed by atoms with van der Waals surface area (Å²) >= 11 is 3.92. The van der Waals surface area contributed by atoms with Crippen LogP contribution >= 0.6 is 12.6 Å². The van der Waals surface area contributed by atoms with Gasteiger partial charge >= 0.3 is 5.97 Å². The lowest BCUT2D eigenvalue weighted by Gasteiger charge is -2.09. The minimum Gasteiger partial charge on any atom is -0.480 e. The van der Waals surface area contributed by atoms with E-state index in [4.69, 9.17) is 11.5 Å². The first-order valence-corrected chi connectivity index (χ1v) is 3.86. The Morgan fingerprint density at radius 3 is 2.82 bits per heavy atom. The van der Waals surface area contributed by atoms with Gasteiger partial charge in [-0.2, -0.15) is 12.6 Å². The van der Waals surface area contributed by atoms with Crippen LogP contribution in [0, 0.1) is 12.3 Å². The number of thiol groups is 1. The highest BCUT2D eigenvalue weighted by molar-refractivity contribution is 7.80. The van der Waals surface area contributed by atoms with Crippen LogP contribution in [-0.4, -0.2) is 29.4 Å². The smallest absolute Gasteiger partial charge is 0.320 e. The third-order valence-corrected chi connectivity index (χ3v) is 1.42. The predicted octanol–water partition coefficient (Wildman–Crippen LogP) is -0.0177. The third kappa shape index (κ3) is 4.71. The van der Waals surface area contributed by atoms with Crippen LogP contribution < -0.4 is 5.32 Å². The molecule has 0 aliphatic heterocycles. The van der Waals surface area contributed by atoms with E-state index in [0.717, 1.165) is 0 Å². The summed E-state index contributed by atoms with van der Waals surface area (Å²) in [5.74, 6) is 1.97. The fraction of sp³-hybridized carbons (Fsp3) is 0.571. The maximum atomic E-state index is 10.4. The summed E-state index contributed by atoms with van der Waals surface area (Å²) in [6.45, 7) is 0.282. The van der Waals surface area contributed by atoms with Crippen LogP contribution in [-0.2, 0) is 4.79 Å². The second-order valence-electron chi connectivity index (χ2n) is 1.99. The quantitative estimate of drug-likeness (QED) is 0.404. The molecule has 0 aliphatic carbocycles. The molecule has 3 nitrogen and oxygen atoms in total. The maximum Gasteiger partial charge on any atom is 0.320 e. The molecule has 0 aliphatic rings. The molecule has 0 saturated carbocycles. The van der Waals surface area contributed by atoms with E-state index in [1.165, 1.54) is 0 Å². The first kappa shape index (κ1) is 10.3. The summed E-state index contributed by atoms with van der Waals surface area (Å²) in [5.41, 5.74) is 0. The number of carboxylic acid groups (broad SMARTS) is 1. The second-order valence-corrected chi connectivity index (χ2v) is 2.44. The molecule has 0 aromatic carbocycles. The van der Waals surface area contributed by atoms with Crippen molar-refractivity contribution >= 4 is 18.6 Å². The van der Waals surface area contributed by atoms with Crippen molar-refractivity contribution in [3.05, 3.63) is 0 Å². The van der Waals surface area contributed by atoms with Gasteiger partial charge in [0, 0.05) is 0 Å². The van der Waals surface area contributed by atoms with Crippen LogP contribution in [0.1, 0.15) is 6.42 Å². The van der Waals surface area contributed by atoms with Crippen LogP contribution in [0.5, 0.6) is 0 Å². The molecule has 11 heavy (non-hydrogen) atoms. The standard InChI is InChI=1S/C7H11NO2S/c1-2-4-8-6(3-5-11)7(9)10/h1,6,8,11H,3-5H2,(H,9,10)/t6-/m0/s1. The average Bonchev–Trinajstić information content (AvgIpc) is 1.97. The molecule has 1 atom stereocenters. The molecule has 0 rings (SSSR count). The van der Waals surface area contributed by atoms with Crippen molar-refractivity contribution in [3.8, 4) is 12.3 Å². The minimum atomic E-state index is -0.880. The van der Waals surface area contributed by atoms with Crippen molar-refractivity contribution < 1.29 is 9.90 Å². The summed E-state index contributed by atoms with van der Waals surface area (Å²) < 4.78 is 0. The summed E-state index contributed by atoms with van der Waals surface area (Å²) in [7, 11) is 0. The van der Waals surface area contributed by atoms with Gasteiger partial charge in [-0.1, -0.05) is 5.92 Å². The second kappa shape index (κ2) is 6.08. The molecule has 0 aromatic heterocycles. The highest BCUT2D eigenvalue weighted by Gasteiger charge is 2.13. The van der Waals surface area contributed by atoms with E-state index < -0.39 is 12.0 Å². The molecular formula is C7H11NO2S. The van der Waals surface area contributed by atoms with E-state index >= 15 is 0 Å². The number of rotatable bonds is 5. The topological polar surface area (TPSA) is 49.3 Å². The van der Waals surface area contributed by atoms with Gasteiger partial charge in [-0.25, -0.2) is 0 Å². The highest BCUT2D eigenvalue weighted by Crippen LogP contribution is 1.93. The van der Waals surface area contributed by atoms with Gasteiger partial charge in [0.25, 0.3) is 0 Å². The lowest BCUT2D eigenvalue weighted by atomic mass is 10.2. The van der Waals surface area contributed by atoms with E-state index in [9.17, 15) is 4.79 Å². The zero-order valence-electron chi connectivity index (χ0n) is 6.08. The first-order valence-electron chi connectivity index (χ1n) is 3.23. The van der Waals surface area contributed by atoms with Crippen molar-refractivity contribution in [2.24, 2.45) is 0 Å². The number of terminal acetylenes is 1. The number of aliphatic carboxylic acids is 1. The minimum absolute atomic E-state index is 0.282. The molecule has 0 radical (unpaired) electrons. The number of carbonyl (C=O) groups is 1. The Kier molecular flexibility index (Phi) is 5.71. The van der Waals surface area contributed by atoms with Gasteiger partial charge in [0.2, 0.25) is 0 Å². The average molecular weight is 173 g/mol. The monoisotopic (exact) mass is 173 g/mol. The molecule has 62 valence electrons. The van der Waals surface area contributed by atoms with Gasteiger partial charge in [0.15, 0.2) is 0 Å². The molecule has 0 bridgehead atoms. The van der Waals surface area contributed by atoms with E-state index in [2.05, 4.69) is 23.9 Å². The van der Waals surface area contributed by atoms with Crippen LogP contribution in [0.2, 0.25) is 0 Å².